The second-order valence-corrected chi connectivity index (χ2v) is 5.19. The van der Waals surface area contributed by atoms with Gasteiger partial charge in [-0.1, -0.05) is 56.5 Å². The summed E-state index contributed by atoms with van der Waals surface area (Å²) in [6, 6.07) is 7.75. The van der Waals surface area contributed by atoms with Crippen LogP contribution in [0.5, 0.6) is 0 Å². The first-order chi connectivity index (χ1) is 9.19. The molecule has 0 heterocycles. The summed E-state index contributed by atoms with van der Waals surface area (Å²) in [5.41, 5.74) is 1.05. The summed E-state index contributed by atoms with van der Waals surface area (Å²) < 4.78 is 5.24. The van der Waals surface area contributed by atoms with Crippen molar-refractivity contribution < 1.29 is 9.53 Å². The third-order valence-electron chi connectivity index (χ3n) is 3.16. The molecule has 0 saturated heterocycles. The van der Waals surface area contributed by atoms with Crippen molar-refractivity contribution in [1.82, 2.24) is 0 Å². The maximum Gasteiger partial charge on any atom is 0.306 e. The highest BCUT2D eigenvalue weighted by Gasteiger charge is 2.18. The number of rotatable bonds is 8. The molecule has 0 spiro atoms. The van der Waals surface area contributed by atoms with Crippen LogP contribution in [0.2, 0.25) is 5.02 Å². The molecule has 19 heavy (non-hydrogen) atoms. The van der Waals surface area contributed by atoms with Gasteiger partial charge in [-0.25, -0.2) is 0 Å². The highest BCUT2D eigenvalue weighted by molar-refractivity contribution is 6.31. The molecule has 1 atom stereocenters. The summed E-state index contributed by atoms with van der Waals surface area (Å²) in [5.74, 6) is 0.0413. The standard InChI is InChI=1S/C16H23ClO2/c1-3-5-11-19-16(18)12-13(8-4-2)14-9-6-7-10-15(14)17/h6-7,9-10,13H,3-5,8,11-12H2,1-2H3. The van der Waals surface area contributed by atoms with Gasteiger partial charge in [0.2, 0.25) is 0 Å². The van der Waals surface area contributed by atoms with Gasteiger partial charge in [-0.15, -0.1) is 0 Å². The fourth-order valence-electron chi connectivity index (χ4n) is 2.11. The molecule has 1 unspecified atom stereocenters. The molecule has 3 heteroatoms. The summed E-state index contributed by atoms with van der Waals surface area (Å²) >= 11 is 6.21. The van der Waals surface area contributed by atoms with Gasteiger partial charge >= 0.3 is 5.97 Å². The summed E-state index contributed by atoms with van der Waals surface area (Å²) in [5, 5.41) is 0.738. The van der Waals surface area contributed by atoms with Gasteiger partial charge in [0.1, 0.15) is 0 Å². The van der Waals surface area contributed by atoms with Gasteiger partial charge in [0.25, 0.3) is 0 Å². The predicted octanol–water partition coefficient (Wildman–Crippen LogP) is 4.96. The van der Waals surface area contributed by atoms with Crippen molar-refractivity contribution in [2.45, 2.75) is 51.9 Å². The zero-order valence-corrected chi connectivity index (χ0v) is 12.6. The number of ether oxygens (including phenoxy) is 1. The number of unbranched alkanes of at least 4 members (excludes halogenated alkanes) is 1. The van der Waals surface area contributed by atoms with Gasteiger partial charge in [0.05, 0.1) is 13.0 Å². The van der Waals surface area contributed by atoms with Gasteiger partial charge in [-0.2, -0.15) is 0 Å². The third-order valence-corrected chi connectivity index (χ3v) is 3.50. The minimum atomic E-state index is -0.119. The highest BCUT2D eigenvalue weighted by Crippen LogP contribution is 2.30. The fraction of sp³-hybridized carbons (Fsp3) is 0.562. The van der Waals surface area contributed by atoms with E-state index in [4.69, 9.17) is 16.3 Å². The SMILES string of the molecule is CCCCOC(=O)CC(CCC)c1ccccc1Cl. The summed E-state index contributed by atoms with van der Waals surface area (Å²) in [6.45, 7) is 4.72. The Morgan fingerprint density at radius 2 is 2.00 bits per heavy atom. The Labute approximate surface area is 121 Å². The second-order valence-electron chi connectivity index (χ2n) is 4.79. The van der Waals surface area contributed by atoms with Crippen LogP contribution in [-0.2, 0) is 9.53 Å². The number of hydrogen-bond donors (Lipinski definition) is 0. The lowest BCUT2D eigenvalue weighted by Crippen LogP contribution is -2.11. The molecule has 2 nitrogen and oxygen atoms in total. The molecule has 106 valence electrons. The van der Waals surface area contributed by atoms with Gasteiger partial charge in [0.15, 0.2) is 0 Å². The first-order valence-electron chi connectivity index (χ1n) is 7.09. The Morgan fingerprint density at radius 1 is 1.26 bits per heavy atom. The van der Waals surface area contributed by atoms with Crippen molar-refractivity contribution in [2.24, 2.45) is 0 Å². The average molecular weight is 283 g/mol. The second kappa shape index (κ2) is 8.98. The number of esters is 1. The molecule has 0 amide bonds. The minimum absolute atomic E-state index is 0.119. The first-order valence-corrected chi connectivity index (χ1v) is 7.46. The normalized spacial score (nSPS) is 12.2. The van der Waals surface area contributed by atoms with Crippen LogP contribution in [0.4, 0.5) is 0 Å². The summed E-state index contributed by atoms with van der Waals surface area (Å²) in [7, 11) is 0. The van der Waals surface area contributed by atoms with E-state index in [0.717, 1.165) is 36.3 Å². The summed E-state index contributed by atoms with van der Waals surface area (Å²) in [6.07, 6.45) is 4.36. The van der Waals surface area contributed by atoms with Gasteiger partial charge in [-0.3, -0.25) is 4.79 Å². The molecule has 0 aliphatic carbocycles. The smallest absolute Gasteiger partial charge is 0.306 e. The number of carbonyl (C=O) groups is 1. The molecule has 0 aromatic heterocycles. The molecule has 0 radical (unpaired) electrons. The molecule has 0 aliphatic rings. The topological polar surface area (TPSA) is 26.3 Å². The van der Waals surface area contributed by atoms with Crippen molar-refractivity contribution in [3.63, 3.8) is 0 Å². The van der Waals surface area contributed by atoms with Crippen LogP contribution in [0.25, 0.3) is 0 Å². The monoisotopic (exact) mass is 282 g/mol. The van der Waals surface area contributed by atoms with Gasteiger partial charge in [-0.05, 0) is 30.4 Å². The van der Waals surface area contributed by atoms with Crippen LogP contribution in [-0.4, -0.2) is 12.6 Å². The Bertz CT molecular complexity index is 390. The zero-order chi connectivity index (χ0) is 14.1. The quantitative estimate of drug-likeness (QED) is 0.498. The Balaban J connectivity index is 2.63. The lowest BCUT2D eigenvalue weighted by molar-refractivity contribution is -0.144. The number of carbonyl (C=O) groups excluding carboxylic acids is 1. The maximum absolute atomic E-state index is 11.8. The molecule has 0 bridgehead atoms. The van der Waals surface area contributed by atoms with Crippen molar-refractivity contribution in [3.05, 3.63) is 34.9 Å². The molecule has 0 N–H and O–H groups in total. The Morgan fingerprint density at radius 3 is 2.63 bits per heavy atom. The Hall–Kier alpha value is -1.02. The van der Waals surface area contributed by atoms with Crippen LogP contribution < -0.4 is 0 Å². The molecular weight excluding hydrogens is 260 g/mol. The number of halogens is 1. The summed E-state index contributed by atoms with van der Waals surface area (Å²) in [4.78, 5) is 11.8. The van der Waals surface area contributed by atoms with E-state index in [1.807, 2.05) is 24.3 Å². The van der Waals surface area contributed by atoms with Crippen LogP contribution in [0.15, 0.2) is 24.3 Å². The van der Waals surface area contributed by atoms with E-state index in [-0.39, 0.29) is 11.9 Å². The van der Waals surface area contributed by atoms with E-state index >= 15 is 0 Å². The fourth-order valence-corrected chi connectivity index (χ4v) is 2.40. The van der Waals surface area contributed by atoms with Crippen LogP contribution >= 0.6 is 11.6 Å². The van der Waals surface area contributed by atoms with E-state index in [0.29, 0.717) is 13.0 Å². The largest absolute Gasteiger partial charge is 0.466 e. The lowest BCUT2D eigenvalue weighted by atomic mass is 9.91. The molecule has 0 saturated carbocycles. The van der Waals surface area contributed by atoms with E-state index < -0.39 is 0 Å². The highest BCUT2D eigenvalue weighted by atomic mass is 35.5. The lowest BCUT2D eigenvalue weighted by Gasteiger charge is -2.17. The van der Waals surface area contributed by atoms with Crippen molar-refractivity contribution >= 4 is 17.6 Å². The molecule has 0 aliphatic heterocycles. The van der Waals surface area contributed by atoms with Gasteiger partial charge in [0, 0.05) is 5.02 Å². The van der Waals surface area contributed by atoms with Gasteiger partial charge < -0.3 is 4.74 Å². The Kier molecular flexibility index (Phi) is 7.57. The van der Waals surface area contributed by atoms with Crippen molar-refractivity contribution in [2.75, 3.05) is 6.61 Å². The predicted molar refractivity (Wildman–Crippen MR) is 79.6 cm³/mol. The van der Waals surface area contributed by atoms with E-state index in [1.165, 1.54) is 0 Å². The van der Waals surface area contributed by atoms with E-state index in [9.17, 15) is 4.79 Å². The molecule has 1 rings (SSSR count). The molecule has 0 fully saturated rings. The molecular formula is C16H23ClO2. The maximum atomic E-state index is 11.8. The van der Waals surface area contributed by atoms with E-state index in [1.54, 1.807) is 0 Å². The third kappa shape index (κ3) is 5.65. The average Bonchev–Trinajstić information content (AvgIpc) is 2.39. The van der Waals surface area contributed by atoms with Crippen LogP contribution in [0.3, 0.4) is 0 Å². The minimum Gasteiger partial charge on any atom is -0.466 e. The van der Waals surface area contributed by atoms with Crippen LogP contribution in [0.1, 0.15) is 57.4 Å². The number of benzene rings is 1. The molecule has 1 aromatic rings. The number of hydrogen-bond acceptors (Lipinski definition) is 2. The molecule has 1 aromatic carbocycles. The van der Waals surface area contributed by atoms with Crippen LogP contribution in [0, 0.1) is 0 Å². The van der Waals surface area contributed by atoms with Crippen molar-refractivity contribution in [3.8, 4) is 0 Å². The zero-order valence-electron chi connectivity index (χ0n) is 11.8. The first kappa shape index (κ1) is 16.0. The van der Waals surface area contributed by atoms with E-state index in [2.05, 4.69) is 13.8 Å². The van der Waals surface area contributed by atoms with Crippen molar-refractivity contribution in [1.29, 1.82) is 0 Å².